The van der Waals surface area contributed by atoms with Crippen molar-refractivity contribution in [2.24, 2.45) is 0 Å². The predicted octanol–water partition coefficient (Wildman–Crippen LogP) is 7.61. The van der Waals surface area contributed by atoms with Crippen LogP contribution in [0.2, 0.25) is 0 Å². The van der Waals surface area contributed by atoms with Crippen LogP contribution in [-0.4, -0.2) is 47.3 Å². The SMILES string of the molecule is CCOC(=O)c1cc2cc(C(I)(Cc3ccccc3)CN(C)Cc3ccccc3)ccc2n1C(=O)OC(C)(C)C. The Morgan fingerprint density at radius 2 is 1.52 bits per heavy atom. The summed E-state index contributed by atoms with van der Waals surface area (Å²) >= 11 is 2.58. The molecule has 0 fully saturated rings. The van der Waals surface area contributed by atoms with Crippen LogP contribution in [-0.2, 0) is 25.9 Å². The Balaban J connectivity index is 1.77. The largest absolute Gasteiger partial charge is 0.461 e. The third kappa shape index (κ3) is 7.31. The average molecular weight is 653 g/mol. The van der Waals surface area contributed by atoms with Crippen LogP contribution in [0.5, 0.6) is 0 Å². The lowest BCUT2D eigenvalue weighted by atomic mass is 9.90. The number of ether oxygens (including phenoxy) is 2. The molecular formula is C33H37IN2O4. The number of halogens is 1. The molecule has 1 unspecified atom stereocenters. The smallest absolute Gasteiger partial charge is 0.419 e. The van der Waals surface area contributed by atoms with Crippen molar-refractivity contribution in [3.8, 4) is 0 Å². The predicted molar refractivity (Wildman–Crippen MR) is 168 cm³/mol. The lowest BCUT2D eigenvalue weighted by molar-refractivity contribution is 0.0454. The standard InChI is InChI=1S/C33H37IN2O4/c1-6-39-30(37)29-20-26-19-27(17-18-28(26)36(29)31(38)40-32(2,3)4)33(34,21-24-13-9-7-10-14-24)23-35(5)22-25-15-11-8-12-16-25/h7-20H,6,21-23H2,1-5H3. The summed E-state index contributed by atoms with van der Waals surface area (Å²) in [4.78, 5) is 28.5. The first-order valence-corrected chi connectivity index (χ1v) is 14.6. The second kappa shape index (κ2) is 12.6. The number of hydrogen-bond acceptors (Lipinski definition) is 5. The molecule has 1 atom stereocenters. The van der Waals surface area contributed by atoms with Gasteiger partial charge in [-0.3, -0.25) is 0 Å². The van der Waals surface area contributed by atoms with E-state index < -0.39 is 17.7 Å². The minimum atomic E-state index is -0.712. The van der Waals surface area contributed by atoms with Crippen LogP contribution >= 0.6 is 22.6 Å². The second-order valence-corrected chi connectivity index (χ2v) is 13.2. The van der Waals surface area contributed by atoms with Crippen molar-refractivity contribution in [2.75, 3.05) is 20.2 Å². The van der Waals surface area contributed by atoms with Gasteiger partial charge in [0.1, 0.15) is 11.3 Å². The Bertz CT molecular complexity index is 1460. The van der Waals surface area contributed by atoms with Gasteiger partial charge in [-0.15, -0.1) is 0 Å². The average Bonchev–Trinajstić information content (AvgIpc) is 3.28. The van der Waals surface area contributed by atoms with Gasteiger partial charge in [0.2, 0.25) is 0 Å². The third-order valence-corrected chi connectivity index (χ3v) is 7.87. The molecule has 7 heteroatoms. The van der Waals surface area contributed by atoms with Gasteiger partial charge >= 0.3 is 12.1 Å². The molecule has 0 amide bonds. The summed E-state index contributed by atoms with van der Waals surface area (Å²) in [5.41, 5.74) is 3.66. The molecule has 0 radical (unpaired) electrons. The second-order valence-electron chi connectivity index (χ2n) is 11.1. The number of carbonyl (C=O) groups is 2. The fourth-order valence-corrected chi connectivity index (χ4v) is 6.26. The summed E-state index contributed by atoms with van der Waals surface area (Å²) in [6.07, 6.45) is 0.210. The first-order chi connectivity index (χ1) is 19.0. The summed E-state index contributed by atoms with van der Waals surface area (Å²) in [5.74, 6) is -0.557. The number of alkyl halides is 1. The van der Waals surface area contributed by atoms with Crippen molar-refractivity contribution in [1.82, 2.24) is 9.47 Å². The van der Waals surface area contributed by atoms with E-state index in [1.165, 1.54) is 15.7 Å². The van der Waals surface area contributed by atoms with Crippen LogP contribution in [0, 0.1) is 0 Å². The molecule has 0 aliphatic heterocycles. The summed E-state index contributed by atoms with van der Waals surface area (Å²) in [7, 11) is 2.14. The molecule has 0 aliphatic carbocycles. The van der Waals surface area contributed by atoms with E-state index in [9.17, 15) is 9.59 Å². The Kier molecular flexibility index (Phi) is 9.36. The number of fused-ring (bicyclic) bond motifs is 1. The van der Waals surface area contributed by atoms with Gasteiger partial charge in [0, 0.05) is 18.5 Å². The van der Waals surface area contributed by atoms with Crippen LogP contribution in [0.3, 0.4) is 0 Å². The fourth-order valence-electron chi connectivity index (χ4n) is 4.90. The van der Waals surface area contributed by atoms with Crippen molar-refractivity contribution < 1.29 is 19.1 Å². The molecule has 0 aliphatic rings. The Hall–Kier alpha value is -3.17. The fraction of sp³-hybridized carbons (Fsp3) is 0.333. The van der Waals surface area contributed by atoms with Crippen LogP contribution in [0.15, 0.2) is 84.9 Å². The molecule has 0 N–H and O–H groups in total. The molecule has 0 saturated heterocycles. The highest BCUT2D eigenvalue weighted by Crippen LogP contribution is 2.39. The zero-order valence-electron chi connectivity index (χ0n) is 23.8. The zero-order chi connectivity index (χ0) is 28.9. The molecule has 40 heavy (non-hydrogen) atoms. The summed E-state index contributed by atoms with van der Waals surface area (Å²) < 4.78 is 12.0. The van der Waals surface area contributed by atoms with Crippen LogP contribution < -0.4 is 0 Å². The first kappa shape index (κ1) is 29.8. The Labute approximate surface area is 250 Å². The number of hydrogen-bond donors (Lipinski definition) is 0. The maximum Gasteiger partial charge on any atom is 0.419 e. The monoisotopic (exact) mass is 652 g/mol. The lowest BCUT2D eigenvalue weighted by Crippen LogP contribution is -2.36. The van der Waals surface area contributed by atoms with Gasteiger partial charge < -0.3 is 14.4 Å². The van der Waals surface area contributed by atoms with Gasteiger partial charge in [-0.25, -0.2) is 14.2 Å². The van der Waals surface area contributed by atoms with Crippen molar-refractivity contribution in [2.45, 2.75) is 49.7 Å². The summed E-state index contributed by atoms with van der Waals surface area (Å²) in [6, 6.07) is 28.7. The van der Waals surface area contributed by atoms with E-state index in [1.807, 2.05) is 18.2 Å². The van der Waals surface area contributed by atoms with E-state index in [0.29, 0.717) is 5.52 Å². The summed E-state index contributed by atoms with van der Waals surface area (Å²) in [5, 5.41) is 0.784. The highest BCUT2D eigenvalue weighted by atomic mass is 127. The number of aromatic nitrogens is 1. The molecule has 0 bridgehead atoms. The van der Waals surface area contributed by atoms with E-state index in [0.717, 1.165) is 30.5 Å². The Morgan fingerprint density at radius 1 is 0.900 bits per heavy atom. The van der Waals surface area contributed by atoms with Crippen molar-refractivity contribution in [1.29, 1.82) is 0 Å². The quantitative estimate of drug-likeness (QED) is 0.106. The molecule has 4 rings (SSSR count). The van der Waals surface area contributed by atoms with E-state index in [-0.39, 0.29) is 15.7 Å². The summed E-state index contributed by atoms with van der Waals surface area (Å²) in [6.45, 7) is 8.99. The number of rotatable bonds is 9. The molecule has 210 valence electrons. The van der Waals surface area contributed by atoms with Gasteiger partial charge in [-0.05, 0) is 76.1 Å². The van der Waals surface area contributed by atoms with Gasteiger partial charge in [0.15, 0.2) is 0 Å². The van der Waals surface area contributed by atoms with Crippen LogP contribution in [0.25, 0.3) is 10.9 Å². The topological polar surface area (TPSA) is 60.8 Å². The van der Waals surface area contributed by atoms with E-state index in [2.05, 4.69) is 95.2 Å². The van der Waals surface area contributed by atoms with E-state index in [4.69, 9.17) is 9.47 Å². The molecule has 1 heterocycles. The molecule has 6 nitrogen and oxygen atoms in total. The number of nitrogens with zero attached hydrogens (tertiary/aromatic N) is 2. The number of esters is 1. The number of carbonyl (C=O) groups excluding carboxylic acids is 2. The zero-order valence-corrected chi connectivity index (χ0v) is 26.0. The molecule has 1 aromatic heterocycles. The van der Waals surface area contributed by atoms with Gasteiger partial charge in [-0.1, -0.05) is 89.3 Å². The molecule has 3 aromatic carbocycles. The molecule has 4 aromatic rings. The number of likely N-dealkylation sites (N-methyl/N-ethyl adjacent to an activating group) is 1. The van der Waals surface area contributed by atoms with E-state index >= 15 is 0 Å². The van der Waals surface area contributed by atoms with E-state index in [1.54, 1.807) is 33.8 Å². The normalized spacial score (nSPS) is 13.3. The van der Waals surface area contributed by atoms with Crippen LogP contribution in [0.4, 0.5) is 4.79 Å². The molecular weight excluding hydrogens is 615 g/mol. The molecule has 0 saturated carbocycles. The van der Waals surface area contributed by atoms with Crippen LogP contribution in [0.1, 0.15) is 54.9 Å². The molecule has 0 spiro atoms. The minimum Gasteiger partial charge on any atom is -0.461 e. The first-order valence-electron chi connectivity index (χ1n) is 13.5. The van der Waals surface area contributed by atoms with Gasteiger partial charge in [0.05, 0.1) is 15.5 Å². The van der Waals surface area contributed by atoms with Gasteiger partial charge in [-0.2, -0.15) is 0 Å². The Morgan fingerprint density at radius 3 is 2.12 bits per heavy atom. The van der Waals surface area contributed by atoms with Crippen molar-refractivity contribution >= 4 is 45.6 Å². The van der Waals surface area contributed by atoms with Gasteiger partial charge in [0.25, 0.3) is 0 Å². The number of benzene rings is 3. The maximum atomic E-state index is 13.2. The minimum absolute atomic E-state index is 0.159. The highest BCUT2D eigenvalue weighted by Gasteiger charge is 2.33. The van der Waals surface area contributed by atoms with Crippen molar-refractivity contribution in [3.05, 3.63) is 107 Å². The maximum absolute atomic E-state index is 13.2. The highest BCUT2D eigenvalue weighted by molar-refractivity contribution is 14.1. The third-order valence-electron chi connectivity index (χ3n) is 6.52. The lowest BCUT2D eigenvalue weighted by Gasteiger charge is -2.33. The van der Waals surface area contributed by atoms with Crippen molar-refractivity contribution in [3.63, 3.8) is 0 Å².